The maximum absolute atomic E-state index is 13.2. The van der Waals surface area contributed by atoms with E-state index in [2.05, 4.69) is 4.90 Å². The van der Waals surface area contributed by atoms with Gasteiger partial charge in [-0.05, 0) is 30.3 Å². The van der Waals surface area contributed by atoms with Crippen LogP contribution >= 0.6 is 11.6 Å². The van der Waals surface area contributed by atoms with Crippen molar-refractivity contribution in [2.45, 2.75) is 6.04 Å². The normalized spacial score (nSPS) is 20.6. The lowest BCUT2D eigenvalue weighted by Crippen LogP contribution is -2.42. The molecule has 0 saturated carbocycles. The fraction of sp³-hybridized carbons (Fsp3) is 0.360. The highest BCUT2D eigenvalue weighted by Crippen LogP contribution is 2.45. The molecule has 4 rings (SSSR count). The molecule has 2 saturated heterocycles. The first kappa shape index (κ1) is 24.1. The number of carbonyl (C=O) groups excluding carboxylic acids is 2. The topological polar surface area (TPSA) is 88.5 Å². The fourth-order valence-electron chi connectivity index (χ4n) is 4.40. The summed E-state index contributed by atoms with van der Waals surface area (Å²) < 4.78 is 16.5. The van der Waals surface area contributed by atoms with Gasteiger partial charge in [0.2, 0.25) is 0 Å². The van der Waals surface area contributed by atoms with Gasteiger partial charge in [-0.15, -0.1) is 0 Å². The minimum atomic E-state index is -0.846. The van der Waals surface area contributed by atoms with Gasteiger partial charge in [-0.3, -0.25) is 14.5 Å². The molecule has 8 nitrogen and oxygen atoms in total. The quantitative estimate of drug-likeness (QED) is 0.365. The first-order valence-electron chi connectivity index (χ1n) is 11.0. The SMILES string of the molecule is COc1cccc([C@H]2/C(=C(\O)c3ccc(Cl)cc3)C(=O)C(=O)N2CCN2CCOCC2)c1OC. The molecule has 0 aliphatic carbocycles. The maximum atomic E-state index is 13.2. The highest BCUT2D eigenvalue weighted by molar-refractivity contribution is 6.46. The van der Waals surface area contributed by atoms with Crippen molar-refractivity contribution in [2.75, 3.05) is 53.6 Å². The lowest BCUT2D eigenvalue weighted by molar-refractivity contribution is -0.140. The Morgan fingerprint density at radius 3 is 2.41 bits per heavy atom. The van der Waals surface area contributed by atoms with Gasteiger partial charge in [-0.2, -0.15) is 0 Å². The number of likely N-dealkylation sites (tertiary alicyclic amines) is 1. The number of halogens is 1. The number of aliphatic hydroxyl groups excluding tert-OH is 1. The molecule has 34 heavy (non-hydrogen) atoms. The summed E-state index contributed by atoms with van der Waals surface area (Å²) in [6, 6.07) is 10.9. The summed E-state index contributed by atoms with van der Waals surface area (Å²) in [5.74, 6) is -0.817. The van der Waals surface area contributed by atoms with Crippen LogP contribution in [0.1, 0.15) is 17.2 Å². The molecule has 2 aliphatic rings. The molecule has 9 heteroatoms. The molecule has 1 atom stereocenters. The molecule has 1 amide bonds. The lowest BCUT2D eigenvalue weighted by atomic mass is 9.94. The van der Waals surface area contributed by atoms with Crippen molar-refractivity contribution >= 4 is 29.1 Å². The average molecular weight is 487 g/mol. The lowest BCUT2D eigenvalue weighted by Gasteiger charge is -2.31. The first-order valence-corrected chi connectivity index (χ1v) is 11.4. The summed E-state index contributed by atoms with van der Waals surface area (Å²) in [5.41, 5.74) is 0.946. The second kappa shape index (κ2) is 10.5. The van der Waals surface area contributed by atoms with Crippen LogP contribution in [-0.2, 0) is 14.3 Å². The number of hydrogen-bond donors (Lipinski definition) is 1. The Morgan fingerprint density at radius 1 is 1.06 bits per heavy atom. The van der Waals surface area contributed by atoms with Crippen molar-refractivity contribution in [1.82, 2.24) is 9.80 Å². The molecule has 2 aliphatic heterocycles. The zero-order valence-electron chi connectivity index (χ0n) is 19.1. The van der Waals surface area contributed by atoms with Crippen molar-refractivity contribution in [2.24, 2.45) is 0 Å². The Bertz CT molecular complexity index is 1100. The predicted molar refractivity (Wildman–Crippen MR) is 127 cm³/mol. The summed E-state index contributed by atoms with van der Waals surface area (Å²) in [6.45, 7) is 3.63. The van der Waals surface area contributed by atoms with Crippen molar-refractivity contribution in [3.8, 4) is 11.5 Å². The van der Waals surface area contributed by atoms with Gasteiger partial charge in [0, 0.05) is 42.3 Å². The van der Waals surface area contributed by atoms with Crippen LogP contribution in [0.3, 0.4) is 0 Å². The zero-order chi connectivity index (χ0) is 24.2. The Hall–Kier alpha value is -3.07. The molecule has 2 fully saturated rings. The van der Waals surface area contributed by atoms with Gasteiger partial charge in [-0.1, -0.05) is 23.7 Å². The Balaban J connectivity index is 1.81. The number of ketones is 1. The Kier molecular flexibility index (Phi) is 7.41. The fourth-order valence-corrected chi connectivity index (χ4v) is 4.52. The van der Waals surface area contributed by atoms with Crippen LogP contribution < -0.4 is 9.47 Å². The number of hydrogen-bond acceptors (Lipinski definition) is 7. The smallest absolute Gasteiger partial charge is 0.295 e. The second-order valence-electron chi connectivity index (χ2n) is 8.04. The highest BCUT2D eigenvalue weighted by atomic mass is 35.5. The molecule has 0 spiro atoms. The molecule has 0 radical (unpaired) electrons. The van der Waals surface area contributed by atoms with E-state index in [0.29, 0.717) is 54.0 Å². The molecule has 0 bridgehead atoms. The molecule has 2 aromatic rings. The van der Waals surface area contributed by atoms with Gasteiger partial charge in [0.05, 0.1) is 39.0 Å². The van der Waals surface area contributed by atoms with Gasteiger partial charge < -0.3 is 24.2 Å². The molecule has 1 N–H and O–H groups in total. The average Bonchev–Trinajstić information content (AvgIpc) is 3.12. The van der Waals surface area contributed by atoms with E-state index >= 15 is 0 Å². The molecule has 0 unspecified atom stereocenters. The van der Waals surface area contributed by atoms with Gasteiger partial charge in [0.1, 0.15) is 5.76 Å². The van der Waals surface area contributed by atoms with Crippen LogP contribution in [0.15, 0.2) is 48.0 Å². The Labute approximate surface area is 203 Å². The summed E-state index contributed by atoms with van der Waals surface area (Å²) in [7, 11) is 3.02. The second-order valence-corrected chi connectivity index (χ2v) is 8.47. The highest BCUT2D eigenvalue weighted by Gasteiger charge is 2.47. The van der Waals surface area contributed by atoms with E-state index < -0.39 is 17.7 Å². The monoisotopic (exact) mass is 486 g/mol. The van der Waals surface area contributed by atoms with Gasteiger partial charge in [0.25, 0.3) is 11.7 Å². The Morgan fingerprint density at radius 2 is 1.76 bits per heavy atom. The number of ether oxygens (including phenoxy) is 3. The third kappa shape index (κ3) is 4.61. The number of amides is 1. The molecule has 180 valence electrons. The third-order valence-corrected chi connectivity index (χ3v) is 6.40. The molecule has 2 aromatic carbocycles. The number of carbonyl (C=O) groups is 2. The third-order valence-electron chi connectivity index (χ3n) is 6.15. The van der Waals surface area contributed by atoms with E-state index in [0.717, 1.165) is 13.1 Å². The van der Waals surface area contributed by atoms with E-state index in [1.54, 1.807) is 42.5 Å². The zero-order valence-corrected chi connectivity index (χ0v) is 19.9. The summed E-state index contributed by atoms with van der Waals surface area (Å²) in [5, 5.41) is 11.7. The van der Waals surface area contributed by atoms with Crippen molar-refractivity contribution < 1.29 is 28.9 Å². The minimum Gasteiger partial charge on any atom is -0.507 e. The van der Waals surface area contributed by atoms with Crippen LogP contribution in [0, 0.1) is 0 Å². The van der Waals surface area contributed by atoms with Crippen LogP contribution in [0.5, 0.6) is 11.5 Å². The number of methoxy groups -OCH3 is 2. The van der Waals surface area contributed by atoms with Crippen molar-refractivity contribution in [1.29, 1.82) is 0 Å². The van der Waals surface area contributed by atoms with E-state index in [-0.39, 0.29) is 11.3 Å². The van der Waals surface area contributed by atoms with Crippen LogP contribution in [0.2, 0.25) is 5.02 Å². The van der Waals surface area contributed by atoms with Crippen molar-refractivity contribution in [3.63, 3.8) is 0 Å². The number of Topliss-reactive ketones (excluding diaryl/α,β-unsaturated/α-hetero) is 1. The summed E-state index contributed by atoms with van der Waals surface area (Å²) in [4.78, 5) is 30.1. The van der Waals surface area contributed by atoms with Crippen LogP contribution in [0.25, 0.3) is 5.76 Å². The van der Waals surface area contributed by atoms with E-state index in [1.807, 2.05) is 0 Å². The number of aliphatic hydroxyl groups is 1. The molecular weight excluding hydrogens is 460 g/mol. The van der Waals surface area contributed by atoms with E-state index in [4.69, 9.17) is 25.8 Å². The van der Waals surface area contributed by atoms with E-state index in [1.165, 1.54) is 19.1 Å². The summed E-state index contributed by atoms with van der Waals surface area (Å²) >= 11 is 5.99. The van der Waals surface area contributed by atoms with E-state index in [9.17, 15) is 14.7 Å². The van der Waals surface area contributed by atoms with Crippen molar-refractivity contribution in [3.05, 3.63) is 64.2 Å². The minimum absolute atomic E-state index is 0.000790. The van der Waals surface area contributed by atoms with Crippen LogP contribution in [-0.4, -0.2) is 80.2 Å². The maximum Gasteiger partial charge on any atom is 0.295 e. The standard InChI is InChI=1S/C25H27ClN2O6/c1-32-19-5-3-4-18(24(19)33-2)21-20(22(29)16-6-8-17(26)9-7-16)23(30)25(31)28(21)11-10-27-12-14-34-15-13-27/h3-9,21,29H,10-15H2,1-2H3/b22-20+/t21-/m0/s1. The first-order chi connectivity index (χ1) is 16.5. The van der Waals surface area contributed by atoms with Crippen LogP contribution in [0.4, 0.5) is 0 Å². The van der Waals surface area contributed by atoms with Gasteiger partial charge >= 0.3 is 0 Å². The number of benzene rings is 2. The molecule has 0 aromatic heterocycles. The van der Waals surface area contributed by atoms with Gasteiger partial charge in [0.15, 0.2) is 11.5 Å². The largest absolute Gasteiger partial charge is 0.507 e. The summed E-state index contributed by atoms with van der Waals surface area (Å²) in [6.07, 6.45) is 0. The number of rotatable bonds is 7. The molecular formula is C25H27ClN2O6. The number of morpholine rings is 1. The number of nitrogens with zero attached hydrogens (tertiary/aromatic N) is 2. The molecule has 2 heterocycles. The predicted octanol–water partition coefficient (Wildman–Crippen LogP) is 3.11. The van der Waals surface area contributed by atoms with Gasteiger partial charge in [-0.25, -0.2) is 0 Å². The number of para-hydroxylation sites is 1.